The maximum absolute atomic E-state index is 12.9. The van der Waals surface area contributed by atoms with Crippen LogP contribution in [0.2, 0.25) is 0 Å². The Morgan fingerprint density at radius 2 is 1.87 bits per heavy atom. The van der Waals surface area contributed by atoms with Crippen molar-refractivity contribution >= 4 is 11.9 Å². The van der Waals surface area contributed by atoms with Gasteiger partial charge in [-0.15, -0.1) is 0 Å². The van der Waals surface area contributed by atoms with Crippen molar-refractivity contribution in [2.45, 2.75) is 27.2 Å². The second-order valence-electron chi connectivity index (χ2n) is 5.96. The third-order valence-corrected chi connectivity index (χ3v) is 3.44. The molecule has 0 aliphatic rings. The summed E-state index contributed by atoms with van der Waals surface area (Å²) in [6.45, 7) is 7.51. The first kappa shape index (κ1) is 18.9. The molecule has 23 heavy (non-hydrogen) atoms. The van der Waals surface area contributed by atoms with Crippen LogP contribution in [0, 0.1) is 11.2 Å². The Balaban J connectivity index is 2.55. The number of rotatable bonds is 7. The fraction of sp³-hybridized carbons (Fsp3) is 0.529. The molecule has 0 aliphatic carbocycles. The summed E-state index contributed by atoms with van der Waals surface area (Å²) >= 11 is 0. The van der Waals surface area contributed by atoms with E-state index in [1.807, 2.05) is 20.8 Å². The third kappa shape index (κ3) is 6.67. The normalized spacial score (nSPS) is 12.0. The average molecular weight is 322 g/mol. The van der Waals surface area contributed by atoms with Crippen LogP contribution in [0.5, 0.6) is 0 Å². The van der Waals surface area contributed by atoms with Crippen LogP contribution in [0.15, 0.2) is 29.3 Å². The second-order valence-corrected chi connectivity index (χ2v) is 5.96. The number of hydrogen-bond acceptors (Lipinski definition) is 2. The molecule has 1 aromatic carbocycles. The number of halogens is 1. The third-order valence-electron chi connectivity index (χ3n) is 3.44. The Bertz CT molecular complexity index is 526. The quantitative estimate of drug-likeness (QED) is 0.529. The number of hydrogen-bond donors (Lipinski definition) is 3. The van der Waals surface area contributed by atoms with Gasteiger partial charge < -0.3 is 16.0 Å². The Hall–Kier alpha value is -2.11. The van der Waals surface area contributed by atoms with Crippen LogP contribution in [0.3, 0.4) is 0 Å². The van der Waals surface area contributed by atoms with Gasteiger partial charge in [0.05, 0.1) is 12.0 Å². The van der Waals surface area contributed by atoms with E-state index < -0.39 is 5.41 Å². The van der Waals surface area contributed by atoms with Gasteiger partial charge in [0, 0.05) is 20.1 Å². The van der Waals surface area contributed by atoms with Crippen LogP contribution in [0.4, 0.5) is 4.39 Å². The van der Waals surface area contributed by atoms with Crippen molar-refractivity contribution in [3.63, 3.8) is 0 Å². The molecule has 0 aliphatic heterocycles. The molecule has 0 bridgehead atoms. The minimum absolute atomic E-state index is 0.0385. The number of carbonyl (C=O) groups excluding carboxylic acids is 1. The van der Waals surface area contributed by atoms with Gasteiger partial charge >= 0.3 is 0 Å². The van der Waals surface area contributed by atoms with Gasteiger partial charge in [0.25, 0.3) is 0 Å². The van der Waals surface area contributed by atoms with E-state index in [-0.39, 0.29) is 11.7 Å². The van der Waals surface area contributed by atoms with Crippen molar-refractivity contribution < 1.29 is 9.18 Å². The number of amides is 1. The van der Waals surface area contributed by atoms with Gasteiger partial charge in [0.15, 0.2) is 5.96 Å². The molecule has 0 fully saturated rings. The molecule has 0 saturated heterocycles. The molecule has 0 atom stereocenters. The summed E-state index contributed by atoms with van der Waals surface area (Å²) in [6.07, 6.45) is 0.767. The molecule has 6 heteroatoms. The molecule has 0 aromatic heterocycles. The first-order valence-electron chi connectivity index (χ1n) is 7.88. The van der Waals surface area contributed by atoms with Crippen molar-refractivity contribution in [2.75, 3.05) is 26.7 Å². The molecule has 0 spiro atoms. The van der Waals surface area contributed by atoms with Gasteiger partial charge in [-0.25, -0.2) is 4.39 Å². The Morgan fingerprint density at radius 1 is 1.22 bits per heavy atom. The first-order chi connectivity index (χ1) is 10.9. The van der Waals surface area contributed by atoms with Crippen LogP contribution in [-0.4, -0.2) is 38.5 Å². The SMILES string of the molecule is CCNC(=NCC(C)(C)C(=O)NC)NCCc1ccc(F)cc1. The van der Waals surface area contributed by atoms with E-state index in [0.717, 1.165) is 18.5 Å². The summed E-state index contributed by atoms with van der Waals surface area (Å²) in [5.74, 6) is 0.406. The van der Waals surface area contributed by atoms with Crippen molar-refractivity contribution in [2.24, 2.45) is 10.4 Å². The molecule has 3 N–H and O–H groups in total. The number of aliphatic imine (C=N–C) groups is 1. The minimum Gasteiger partial charge on any atom is -0.359 e. The molecule has 0 radical (unpaired) electrons. The molecule has 128 valence electrons. The molecule has 0 heterocycles. The fourth-order valence-corrected chi connectivity index (χ4v) is 2.00. The van der Waals surface area contributed by atoms with Crippen molar-refractivity contribution in [3.8, 4) is 0 Å². The fourth-order valence-electron chi connectivity index (χ4n) is 2.00. The van der Waals surface area contributed by atoms with Gasteiger partial charge in [-0.2, -0.15) is 0 Å². The molecule has 5 nitrogen and oxygen atoms in total. The Morgan fingerprint density at radius 3 is 2.43 bits per heavy atom. The molecular formula is C17H27FN4O. The lowest BCUT2D eigenvalue weighted by atomic mass is 9.93. The van der Waals surface area contributed by atoms with Gasteiger partial charge in [-0.05, 0) is 44.9 Å². The number of nitrogens with one attached hydrogen (secondary N) is 3. The smallest absolute Gasteiger partial charge is 0.227 e. The topological polar surface area (TPSA) is 65.5 Å². The van der Waals surface area contributed by atoms with Crippen molar-refractivity contribution in [1.82, 2.24) is 16.0 Å². The zero-order valence-corrected chi connectivity index (χ0v) is 14.4. The maximum atomic E-state index is 12.9. The lowest BCUT2D eigenvalue weighted by Gasteiger charge is -2.21. The Labute approximate surface area is 137 Å². The van der Waals surface area contributed by atoms with E-state index in [4.69, 9.17) is 0 Å². The highest BCUT2D eigenvalue weighted by atomic mass is 19.1. The summed E-state index contributed by atoms with van der Waals surface area (Å²) in [7, 11) is 1.62. The Kier molecular flexibility index (Phi) is 7.51. The van der Waals surface area contributed by atoms with Gasteiger partial charge in [-0.3, -0.25) is 9.79 Å². The molecule has 1 amide bonds. The summed E-state index contributed by atoms with van der Waals surface area (Å²) < 4.78 is 12.9. The zero-order valence-electron chi connectivity index (χ0n) is 14.4. The average Bonchev–Trinajstić information content (AvgIpc) is 2.53. The number of benzene rings is 1. The molecule has 0 unspecified atom stereocenters. The number of nitrogens with zero attached hydrogens (tertiary/aromatic N) is 1. The van der Waals surface area contributed by atoms with E-state index in [1.54, 1.807) is 19.2 Å². The second kappa shape index (κ2) is 9.12. The van der Waals surface area contributed by atoms with Crippen molar-refractivity contribution in [3.05, 3.63) is 35.6 Å². The highest BCUT2D eigenvalue weighted by Gasteiger charge is 2.26. The summed E-state index contributed by atoms with van der Waals surface area (Å²) in [5, 5.41) is 9.03. The molecule has 1 aromatic rings. The molecular weight excluding hydrogens is 295 g/mol. The predicted octanol–water partition coefficient (Wildman–Crippen LogP) is 1.70. The molecule has 1 rings (SSSR count). The van der Waals surface area contributed by atoms with Crippen LogP contribution in [0.25, 0.3) is 0 Å². The first-order valence-corrected chi connectivity index (χ1v) is 7.88. The van der Waals surface area contributed by atoms with E-state index in [9.17, 15) is 9.18 Å². The largest absolute Gasteiger partial charge is 0.359 e. The van der Waals surface area contributed by atoms with Crippen LogP contribution < -0.4 is 16.0 Å². The van der Waals surface area contributed by atoms with Crippen molar-refractivity contribution in [1.29, 1.82) is 0 Å². The lowest BCUT2D eigenvalue weighted by Crippen LogP contribution is -2.41. The maximum Gasteiger partial charge on any atom is 0.227 e. The monoisotopic (exact) mass is 322 g/mol. The zero-order chi connectivity index (χ0) is 17.3. The predicted molar refractivity (Wildman–Crippen MR) is 91.9 cm³/mol. The summed E-state index contributed by atoms with van der Waals surface area (Å²) in [4.78, 5) is 16.3. The van der Waals surface area contributed by atoms with Gasteiger partial charge in [0.1, 0.15) is 5.82 Å². The lowest BCUT2D eigenvalue weighted by molar-refractivity contribution is -0.128. The van der Waals surface area contributed by atoms with Crippen LogP contribution in [0.1, 0.15) is 26.3 Å². The number of carbonyl (C=O) groups is 1. The van der Waals surface area contributed by atoms with Gasteiger partial charge in [-0.1, -0.05) is 12.1 Å². The summed E-state index contributed by atoms with van der Waals surface area (Å²) in [6, 6.07) is 6.46. The van der Waals surface area contributed by atoms with E-state index in [0.29, 0.717) is 19.0 Å². The van der Waals surface area contributed by atoms with Crippen LogP contribution in [-0.2, 0) is 11.2 Å². The highest BCUT2D eigenvalue weighted by Crippen LogP contribution is 2.15. The van der Waals surface area contributed by atoms with E-state index in [2.05, 4.69) is 20.9 Å². The highest BCUT2D eigenvalue weighted by molar-refractivity contribution is 5.83. The number of guanidine groups is 1. The standard InChI is InChI=1S/C17H27FN4O/c1-5-20-16(22-12-17(2,3)15(23)19-4)21-11-10-13-6-8-14(18)9-7-13/h6-9H,5,10-12H2,1-4H3,(H,19,23)(H2,20,21,22). The minimum atomic E-state index is -0.561. The summed E-state index contributed by atoms with van der Waals surface area (Å²) in [5.41, 5.74) is 0.495. The van der Waals surface area contributed by atoms with E-state index in [1.165, 1.54) is 12.1 Å². The molecule has 0 saturated carbocycles. The van der Waals surface area contributed by atoms with Gasteiger partial charge in [0.2, 0.25) is 5.91 Å². The van der Waals surface area contributed by atoms with Crippen LogP contribution >= 0.6 is 0 Å². The van der Waals surface area contributed by atoms with E-state index >= 15 is 0 Å².